The van der Waals surface area contributed by atoms with Gasteiger partial charge in [0.25, 0.3) is 0 Å². The third-order valence-electron chi connectivity index (χ3n) is 4.76. The Morgan fingerprint density at radius 2 is 1.96 bits per heavy atom. The SMILES string of the molecule is O=C(NCc1cc(C2CC2)ncn1)C1CNC(=O)N(c2ccc(F)cc2)C1=O. The first kappa shape index (κ1) is 18.0. The summed E-state index contributed by atoms with van der Waals surface area (Å²) in [5, 5.41) is 5.22. The topological polar surface area (TPSA) is 104 Å². The number of carbonyl (C=O) groups is 3. The summed E-state index contributed by atoms with van der Waals surface area (Å²) in [5.74, 6) is -2.26. The van der Waals surface area contributed by atoms with Crippen molar-refractivity contribution in [3.05, 3.63) is 53.9 Å². The number of aromatic nitrogens is 2. The smallest absolute Gasteiger partial charge is 0.328 e. The van der Waals surface area contributed by atoms with Crippen LogP contribution in [0.5, 0.6) is 0 Å². The lowest BCUT2D eigenvalue weighted by atomic mass is 10.0. The van der Waals surface area contributed by atoms with Gasteiger partial charge in [0.2, 0.25) is 11.8 Å². The molecular formula is C19H18FN5O3. The Kier molecular flexibility index (Phi) is 4.72. The van der Waals surface area contributed by atoms with E-state index in [0.29, 0.717) is 11.6 Å². The van der Waals surface area contributed by atoms with Crippen LogP contribution < -0.4 is 15.5 Å². The minimum absolute atomic E-state index is 0.0989. The monoisotopic (exact) mass is 383 g/mol. The average molecular weight is 383 g/mol. The molecule has 0 radical (unpaired) electrons. The molecule has 28 heavy (non-hydrogen) atoms. The molecule has 4 amide bonds. The van der Waals surface area contributed by atoms with Crippen molar-refractivity contribution < 1.29 is 18.8 Å². The highest BCUT2D eigenvalue weighted by atomic mass is 19.1. The number of anilines is 1. The van der Waals surface area contributed by atoms with Gasteiger partial charge < -0.3 is 10.6 Å². The second-order valence-electron chi connectivity index (χ2n) is 6.81. The lowest BCUT2D eigenvalue weighted by Crippen LogP contribution is -2.58. The first-order valence-electron chi connectivity index (χ1n) is 8.99. The van der Waals surface area contributed by atoms with E-state index >= 15 is 0 Å². The van der Waals surface area contributed by atoms with Crippen molar-refractivity contribution in [2.45, 2.75) is 25.3 Å². The molecule has 1 atom stereocenters. The van der Waals surface area contributed by atoms with E-state index in [1.807, 2.05) is 6.07 Å². The van der Waals surface area contributed by atoms with E-state index in [1.54, 1.807) is 0 Å². The van der Waals surface area contributed by atoms with Gasteiger partial charge in [0.15, 0.2) is 0 Å². The molecule has 1 aromatic carbocycles. The van der Waals surface area contributed by atoms with Crippen LogP contribution >= 0.6 is 0 Å². The summed E-state index contributed by atoms with van der Waals surface area (Å²) in [6.45, 7) is 0.0631. The van der Waals surface area contributed by atoms with Gasteiger partial charge in [-0.2, -0.15) is 0 Å². The Morgan fingerprint density at radius 3 is 2.68 bits per heavy atom. The molecule has 0 bridgehead atoms. The van der Waals surface area contributed by atoms with Gasteiger partial charge in [0.1, 0.15) is 18.1 Å². The quantitative estimate of drug-likeness (QED) is 0.761. The molecule has 8 nitrogen and oxygen atoms in total. The molecule has 1 unspecified atom stereocenters. The van der Waals surface area contributed by atoms with Crippen LogP contribution in [-0.2, 0) is 16.1 Å². The van der Waals surface area contributed by atoms with Crippen molar-refractivity contribution in [1.29, 1.82) is 0 Å². The molecule has 2 N–H and O–H groups in total. The normalized spacial score (nSPS) is 19.3. The molecule has 2 fully saturated rings. The van der Waals surface area contributed by atoms with Crippen molar-refractivity contribution in [3.8, 4) is 0 Å². The van der Waals surface area contributed by atoms with Crippen molar-refractivity contribution in [2.24, 2.45) is 5.92 Å². The van der Waals surface area contributed by atoms with Crippen LogP contribution in [0.3, 0.4) is 0 Å². The number of rotatable bonds is 5. The van der Waals surface area contributed by atoms with Crippen LogP contribution in [-0.4, -0.2) is 34.4 Å². The summed E-state index contributed by atoms with van der Waals surface area (Å²) in [5.41, 5.74) is 1.82. The number of urea groups is 1. The maximum Gasteiger partial charge on any atom is 0.328 e. The highest BCUT2D eigenvalue weighted by Gasteiger charge is 2.39. The van der Waals surface area contributed by atoms with Crippen molar-refractivity contribution in [2.75, 3.05) is 11.4 Å². The van der Waals surface area contributed by atoms with Gasteiger partial charge >= 0.3 is 6.03 Å². The number of hydrogen-bond donors (Lipinski definition) is 2. The first-order chi connectivity index (χ1) is 13.5. The number of carbonyl (C=O) groups excluding carboxylic acids is 3. The van der Waals surface area contributed by atoms with Gasteiger partial charge in [0.05, 0.1) is 17.9 Å². The highest BCUT2D eigenvalue weighted by Crippen LogP contribution is 2.38. The van der Waals surface area contributed by atoms with Crippen LogP contribution in [0.15, 0.2) is 36.7 Å². The minimum Gasteiger partial charge on any atom is -0.350 e. The summed E-state index contributed by atoms with van der Waals surface area (Å²) < 4.78 is 13.1. The minimum atomic E-state index is -1.08. The molecule has 2 aliphatic rings. The Labute approximate surface area is 160 Å². The van der Waals surface area contributed by atoms with E-state index in [1.165, 1.54) is 18.5 Å². The fourth-order valence-electron chi connectivity index (χ4n) is 3.07. The molecule has 2 heterocycles. The summed E-state index contributed by atoms with van der Waals surface area (Å²) in [6.07, 6.45) is 3.69. The summed E-state index contributed by atoms with van der Waals surface area (Å²) in [7, 11) is 0. The van der Waals surface area contributed by atoms with E-state index < -0.39 is 29.6 Å². The fourth-order valence-corrected chi connectivity index (χ4v) is 3.07. The number of hydrogen-bond acceptors (Lipinski definition) is 5. The molecule has 9 heteroatoms. The molecule has 2 aromatic rings. The van der Waals surface area contributed by atoms with Crippen LogP contribution in [0, 0.1) is 11.7 Å². The molecule has 144 valence electrons. The zero-order chi connectivity index (χ0) is 19.7. The van der Waals surface area contributed by atoms with Gasteiger partial charge in [0, 0.05) is 18.2 Å². The molecule has 0 spiro atoms. The Hall–Kier alpha value is -3.36. The summed E-state index contributed by atoms with van der Waals surface area (Å²) in [4.78, 5) is 46.6. The lowest BCUT2D eigenvalue weighted by Gasteiger charge is -2.30. The molecule has 1 saturated carbocycles. The highest BCUT2D eigenvalue weighted by molar-refractivity contribution is 6.21. The van der Waals surface area contributed by atoms with Crippen molar-refractivity contribution in [3.63, 3.8) is 0 Å². The van der Waals surface area contributed by atoms with Gasteiger partial charge in [-0.1, -0.05) is 0 Å². The largest absolute Gasteiger partial charge is 0.350 e. The number of nitrogens with one attached hydrogen (secondary N) is 2. The maximum absolute atomic E-state index is 13.1. The van der Waals surface area contributed by atoms with Gasteiger partial charge in [-0.3, -0.25) is 9.59 Å². The average Bonchev–Trinajstić information content (AvgIpc) is 3.53. The van der Waals surface area contributed by atoms with Gasteiger partial charge in [-0.15, -0.1) is 0 Å². The second-order valence-corrected chi connectivity index (χ2v) is 6.81. The molecular weight excluding hydrogens is 365 g/mol. The maximum atomic E-state index is 13.1. The Morgan fingerprint density at radius 1 is 1.21 bits per heavy atom. The Balaban J connectivity index is 1.43. The zero-order valence-corrected chi connectivity index (χ0v) is 14.9. The number of halogens is 1. The zero-order valence-electron chi connectivity index (χ0n) is 14.9. The molecule has 1 aromatic heterocycles. The molecule has 1 aliphatic heterocycles. The Bertz CT molecular complexity index is 929. The summed E-state index contributed by atoms with van der Waals surface area (Å²) >= 11 is 0. The predicted octanol–water partition coefficient (Wildman–Crippen LogP) is 1.48. The number of nitrogens with zero attached hydrogens (tertiary/aromatic N) is 3. The van der Waals surface area contributed by atoms with E-state index in [4.69, 9.17) is 0 Å². The van der Waals surface area contributed by atoms with Crippen LogP contribution in [0.25, 0.3) is 0 Å². The second kappa shape index (κ2) is 7.34. The summed E-state index contributed by atoms with van der Waals surface area (Å²) in [6, 6.07) is 6.12. The fraction of sp³-hybridized carbons (Fsp3) is 0.316. The molecule has 1 saturated heterocycles. The van der Waals surface area contributed by atoms with Crippen molar-refractivity contribution in [1.82, 2.24) is 20.6 Å². The third kappa shape index (κ3) is 3.68. The number of benzene rings is 1. The number of amides is 4. The van der Waals surface area contributed by atoms with Crippen LogP contribution in [0.2, 0.25) is 0 Å². The predicted molar refractivity (Wildman–Crippen MR) is 96.6 cm³/mol. The van der Waals surface area contributed by atoms with Crippen molar-refractivity contribution >= 4 is 23.5 Å². The molecule has 4 rings (SSSR count). The molecule has 1 aliphatic carbocycles. The first-order valence-corrected chi connectivity index (χ1v) is 8.99. The van der Waals surface area contributed by atoms with E-state index in [0.717, 1.165) is 35.6 Å². The van der Waals surface area contributed by atoms with Gasteiger partial charge in [-0.05, 0) is 43.2 Å². The lowest BCUT2D eigenvalue weighted by molar-refractivity contribution is -0.133. The van der Waals surface area contributed by atoms with Crippen LogP contribution in [0.4, 0.5) is 14.9 Å². The van der Waals surface area contributed by atoms with Crippen LogP contribution in [0.1, 0.15) is 30.1 Å². The van der Waals surface area contributed by atoms with E-state index in [-0.39, 0.29) is 18.8 Å². The van der Waals surface area contributed by atoms with E-state index in [9.17, 15) is 18.8 Å². The van der Waals surface area contributed by atoms with E-state index in [2.05, 4.69) is 20.6 Å². The standard InChI is InChI=1S/C19H18FN5O3/c20-12-3-5-14(6-4-12)25-18(27)15(9-22-19(25)28)17(26)21-8-13-7-16(11-1-2-11)24-10-23-13/h3-7,10-11,15H,1-2,8-9H2,(H,21,26)(H,22,28). The van der Waals surface area contributed by atoms with Gasteiger partial charge in [-0.25, -0.2) is 24.1 Å². The third-order valence-corrected chi connectivity index (χ3v) is 4.76. The number of imide groups is 1.